The molecule has 1 N–H and O–H groups in total. The molecule has 2 heterocycles. The zero-order valence-corrected chi connectivity index (χ0v) is 13.0. The van der Waals surface area contributed by atoms with E-state index < -0.39 is 28.8 Å². The van der Waals surface area contributed by atoms with Crippen molar-refractivity contribution in [2.24, 2.45) is 7.05 Å². The minimum absolute atomic E-state index is 0.00219. The van der Waals surface area contributed by atoms with Gasteiger partial charge in [0.15, 0.2) is 11.3 Å². The Kier molecular flexibility index (Phi) is 4.63. The van der Waals surface area contributed by atoms with Gasteiger partial charge in [-0.2, -0.15) is 0 Å². The second-order valence-corrected chi connectivity index (χ2v) is 4.60. The van der Waals surface area contributed by atoms with E-state index in [0.717, 1.165) is 4.57 Å². The molecule has 2 aromatic heterocycles. The van der Waals surface area contributed by atoms with Crippen molar-refractivity contribution in [3.05, 3.63) is 33.7 Å². The smallest absolute Gasteiger partial charge is 0.356 e. The summed E-state index contributed by atoms with van der Waals surface area (Å²) in [5.41, 5.74) is -1.17. The van der Waals surface area contributed by atoms with Crippen LogP contribution in [0, 0.1) is 0 Å². The third-order valence-electron chi connectivity index (χ3n) is 3.17. The highest BCUT2D eigenvalue weighted by atomic mass is 16.5. The van der Waals surface area contributed by atoms with Crippen molar-refractivity contribution in [3.63, 3.8) is 0 Å². The zero-order chi connectivity index (χ0) is 17.1. The van der Waals surface area contributed by atoms with Gasteiger partial charge in [0.25, 0.3) is 5.56 Å². The van der Waals surface area contributed by atoms with Gasteiger partial charge in [-0.1, -0.05) is 0 Å². The lowest BCUT2D eigenvalue weighted by Gasteiger charge is -2.11. The normalized spacial score (nSPS) is 10.6. The number of fused-ring (bicyclic) bond motifs is 1. The van der Waals surface area contributed by atoms with Crippen LogP contribution in [0.25, 0.3) is 11.0 Å². The van der Waals surface area contributed by atoms with Crippen molar-refractivity contribution >= 4 is 23.0 Å². The van der Waals surface area contributed by atoms with E-state index in [1.165, 1.54) is 19.2 Å². The van der Waals surface area contributed by atoms with Crippen LogP contribution in [-0.2, 0) is 16.5 Å². The van der Waals surface area contributed by atoms with E-state index in [0.29, 0.717) is 0 Å². The molecule has 2 aromatic rings. The molecule has 23 heavy (non-hydrogen) atoms. The van der Waals surface area contributed by atoms with E-state index in [-0.39, 0.29) is 29.9 Å². The van der Waals surface area contributed by atoms with Gasteiger partial charge in [-0.05, 0) is 26.0 Å². The number of hydrogen-bond donors (Lipinski definition) is 1. The van der Waals surface area contributed by atoms with Crippen LogP contribution in [0.2, 0.25) is 0 Å². The van der Waals surface area contributed by atoms with Crippen molar-refractivity contribution in [2.45, 2.75) is 13.8 Å². The SMILES string of the molecule is CCOC(=O)c1ccc2c(O)c(C(=O)OCC)c(=O)n(C)c2n1. The lowest BCUT2D eigenvalue weighted by atomic mass is 10.1. The lowest BCUT2D eigenvalue weighted by Crippen LogP contribution is -2.27. The third kappa shape index (κ3) is 2.87. The van der Waals surface area contributed by atoms with Crippen molar-refractivity contribution in [1.82, 2.24) is 9.55 Å². The van der Waals surface area contributed by atoms with Crippen LogP contribution < -0.4 is 5.56 Å². The molecule has 2 rings (SSSR count). The molecule has 8 nitrogen and oxygen atoms in total. The van der Waals surface area contributed by atoms with Crippen LogP contribution in [0.1, 0.15) is 34.7 Å². The maximum Gasteiger partial charge on any atom is 0.356 e. The highest BCUT2D eigenvalue weighted by molar-refractivity contribution is 5.99. The maximum atomic E-state index is 12.3. The van der Waals surface area contributed by atoms with Crippen molar-refractivity contribution in [2.75, 3.05) is 13.2 Å². The summed E-state index contributed by atoms with van der Waals surface area (Å²) >= 11 is 0. The molecule has 0 aliphatic heterocycles. The van der Waals surface area contributed by atoms with Crippen molar-refractivity contribution in [3.8, 4) is 5.75 Å². The Morgan fingerprint density at radius 3 is 2.39 bits per heavy atom. The van der Waals surface area contributed by atoms with Gasteiger partial charge in [-0.15, -0.1) is 0 Å². The molecular weight excluding hydrogens is 304 g/mol. The summed E-state index contributed by atoms with van der Waals surface area (Å²) in [6.07, 6.45) is 0. The fraction of sp³-hybridized carbons (Fsp3) is 0.333. The van der Waals surface area contributed by atoms with E-state index in [2.05, 4.69) is 4.98 Å². The van der Waals surface area contributed by atoms with Gasteiger partial charge >= 0.3 is 11.9 Å². The van der Waals surface area contributed by atoms with E-state index in [4.69, 9.17) is 9.47 Å². The summed E-state index contributed by atoms with van der Waals surface area (Å²) in [7, 11) is 1.38. The number of aromatic hydroxyl groups is 1. The Bertz CT molecular complexity index is 840. The Balaban J connectivity index is 2.70. The standard InChI is InChI=1S/C15H16N2O6/c1-4-22-14(20)9-7-6-8-11(18)10(15(21)23-5-2)13(19)17(3)12(8)16-9/h6-7,18H,4-5H2,1-3H3. The monoisotopic (exact) mass is 320 g/mol. The predicted molar refractivity (Wildman–Crippen MR) is 80.6 cm³/mol. The quantitative estimate of drug-likeness (QED) is 0.837. The summed E-state index contributed by atoms with van der Waals surface area (Å²) in [6, 6.07) is 2.74. The second-order valence-electron chi connectivity index (χ2n) is 4.60. The molecule has 0 fully saturated rings. The number of pyridine rings is 2. The van der Waals surface area contributed by atoms with E-state index in [9.17, 15) is 19.5 Å². The molecule has 0 saturated carbocycles. The molecule has 0 spiro atoms. The number of carbonyl (C=O) groups is 2. The Hall–Kier alpha value is -2.90. The van der Waals surface area contributed by atoms with Crippen molar-refractivity contribution in [1.29, 1.82) is 0 Å². The minimum Gasteiger partial charge on any atom is -0.506 e. The fourth-order valence-electron chi connectivity index (χ4n) is 2.09. The van der Waals surface area contributed by atoms with Crippen LogP contribution in [-0.4, -0.2) is 39.8 Å². The van der Waals surface area contributed by atoms with Gasteiger partial charge in [0.05, 0.1) is 18.6 Å². The van der Waals surface area contributed by atoms with Gasteiger partial charge in [-0.3, -0.25) is 9.36 Å². The van der Waals surface area contributed by atoms with Crippen LogP contribution in [0.3, 0.4) is 0 Å². The highest BCUT2D eigenvalue weighted by Crippen LogP contribution is 2.25. The van der Waals surface area contributed by atoms with Gasteiger partial charge in [0.1, 0.15) is 11.4 Å². The van der Waals surface area contributed by atoms with Crippen LogP contribution in [0.15, 0.2) is 16.9 Å². The first-order chi connectivity index (χ1) is 10.9. The van der Waals surface area contributed by atoms with Gasteiger partial charge in [0.2, 0.25) is 0 Å². The molecule has 0 aliphatic carbocycles. The first kappa shape index (κ1) is 16.5. The molecule has 0 aromatic carbocycles. The van der Waals surface area contributed by atoms with Crippen LogP contribution >= 0.6 is 0 Å². The average molecular weight is 320 g/mol. The molecule has 8 heteroatoms. The Labute approximate surface area is 131 Å². The zero-order valence-electron chi connectivity index (χ0n) is 13.0. The molecule has 122 valence electrons. The molecule has 0 saturated heterocycles. The molecular formula is C15H16N2O6. The van der Waals surface area contributed by atoms with E-state index >= 15 is 0 Å². The average Bonchev–Trinajstić information content (AvgIpc) is 2.53. The molecule has 0 radical (unpaired) electrons. The molecule has 0 aliphatic rings. The molecule has 0 bridgehead atoms. The van der Waals surface area contributed by atoms with Crippen LogP contribution in [0.4, 0.5) is 0 Å². The minimum atomic E-state index is -0.915. The number of esters is 2. The Morgan fingerprint density at radius 2 is 1.78 bits per heavy atom. The second kappa shape index (κ2) is 6.47. The van der Waals surface area contributed by atoms with Gasteiger partial charge < -0.3 is 14.6 Å². The summed E-state index contributed by atoms with van der Waals surface area (Å²) in [5.74, 6) is -2.08. The number of aryl methyl sites for hydroxylation is 1. The molecule has 0 atom stereocenters. The summed E-state index contributed by atoms with van der Waals surface area (Å²) in [6.45, 7) is 3.50. The van der Waals surface area contributed by atoms with Gasteiger partial charge in [0, 0.05) is 7.05 Å². The van der Waals surface area contributed by atoms with Crippen molar-refractivity contribution < 1.29 is 24.2 Å². The highest BCUT2D eigenvalue weighted by Gasteiger charge is 2.23. The Morgan fingerprint density at radius 1 is 1.17 bits per heavy atom. The van der Waals surface area contributed by atoms with Gasteiger partial charge in [-0.25, -0.2) is 14.6 Å². The maximum absolute atomic E-state index is 12.3. The van der Waals surface area contributed by atoms with E-state index in [1.807, 2.05) is 0 Å². The number of rotatable bonds is 4. The van der Waals surface area contributed by atoms with Crippen LogP contribution in [0.5, 0.6) is 5.75 Å². The summed E-state index contributed by atoms with van der Waals surface area (Å²) in [4.78, 5) is 39.9. The predicted octanol–water partition coefficient (Wildman–Crippen LogP) is 0.992. The lowest BCUT2D eigenvalue weighted by molar-refractivity contribution is 0.0509. The number of ether oxygens (including phenoxy) is 2. The molecule has 0 unspecified atom stereocenters. The molecule has 0 amide bonds. The first-order valence-corrected chi connectivity index (χ1v) is 6.99. The third-order valence-corrected chi connectivity index (χ3v) is 3.17. The largest absolute Gasteiger partial charge is 0.506 e. The van der Waals surface area contributed by atoms with E-state index in [1.54, 1.807) is 13.8 Å². The number of carbonyl (C=O) groups excluding carboxylic acids is 2. The summed E-state index contributed by atoms with van der Waals surface area (Å²) < 4.78 is 10.7. The summed E-state index contributed by atoms with van der Waals surface area (Å²) in [5, 5.41) is 10.4. The topological polar surface area (TPSA) is 108 Å². The first-order valence-electron chi connectivity index (χ1n) is 6.99. The number of nitrogens with zero attached hydrogens (tertiary/aromatic N) is 2. The number of hydrogen-bond acceptors (Lipinski definition) is 7. The fourth-order valence-corrected chi connectivity index (χ4v) is 2.09. The number of aromatic nitrogens is 2.